The third-order valence-corrected chi connectivity index (χ3v) is 7.92. The minimum absolute atomic E-state index is 0.198. The SMILES string of the molecule is CC=CCCCc1ccc(-c2ccc(-c3ccc(C4OCC(CCCCCCCC)CO4)cc3F)cc2)c(F)c1F. The van der Waals surface area contributed by atoms with Crippen molar-refractivity contribution in [2.75, 3.05) is 13.2 Å². The minimum atomic E-state index is -0.849. The standard InChI is InChI=1S/C36H43F3O2/c1-3-5-7-9-10-11-13-26-24-40-36(41-25-26)30-20-21-31(33(37)23-30)27-15-17-28(18-16-27)32-22-19-29(34(38)35(32)39)14-12-8-6-4-2/h4,6,15-23,26,36H,3,5,7-14,24-25H2,1-2H3. The maximum Gasteiger partial charge on any atom is 0.183 e. The summed E-state index contributed by atoms with van der Waals surface area (Å²) in [6.07, 6.45) is 14.2. The van der Waals surface area contributed by atoms with Crippen LogP contribution in [0, 0.1) is 23.4 Å². The highest BCUT2D eigenvalue weighted by Gasteiger charge is 2.24. The van der Waals surface area contributed by atoms with Gasteiger partial charge in [0.05, 0.1) is 13.2 Å². The number of hydrogen-bond acceptors (Lipinski definition) is 2. The molecule has 0 saturated carbocycles. The van der Waals surface area contributed by atoms with Gasteiger partial charge in [-0.15, -0.1) is 0 Å². The molecule has 3 aromatic rings. The fourth-order valence-electron chi connectivity index (χ4n) is 5.44. The Bertz CT molecular complexity index is 1260. The van der Waals surface area contributed by atoms with Gasteiger partial charge in [0, 0.05) is 22.6 Å². The van der Waals surface area contributed by atoms with Crippen molar-refractivity contribution in [3.63, 3.8) is 0 Å². The number of halogens is 3. The Kier molecular flexibility index (Phi) is 12.1. The molecule has 1 aliphatic rings. The first kappa shape index (κ1) is 31.1. The van der Waals surface area contributed by atoms with E-state index in [4.69, 9.17) is 9.47 Å². The highest BCUT2D eigenvalue weighted by atomic mass is 19.2. The van der Waals surface area contributed by atoms with Crippen LogP contribution in [0.25, 0.3) is 22.3 Å². The molecular formula is C36H43F3O2. The normalized spacial score (nSPS) is 17.4. The van der Waals surface area contributed by atoms with Crippen LogP contribution >= 0.6 is 0 Å². The Balaban J connectivity index is 1.34. The number of unbranched alkanes of at least 4 members (excludes halogenated alkanes) is 6. The summed E-state index contributed by atoms with van der Waals surface area (Å²) >= 11 is 0. The van der Waals surface area contributed by atoms with E-state index >= 15 is 4.39 Å². The molecule has 1 saturated heterocycles. The summed E-state index contributed by atoms with van der Waals surface area (Å²) in [5.41, 5.74) is 2.87. The van der Waals surface area contributed by atoms with Gasteiger partial charge in [0.2, 0.25) is 0 Å². The van der Waals surface area contributed by atoms with E-state index < -0.39 is 17.9 Å². The third kappa shape index (κ3) is 8.56. The van der Waals surface area contributed by atoms with E-state index in [9.17, 15) is 8.78 Å². The summed E-state index contributed by atoms with van der Waals surface area (Å²) in [6.45, 7) is 5.42. The van der Waals surface area contributed by atoms with Crippen molar-refractivity contribution in [2.45, 2.75) is 84.3 Å². The van der Waals surface area contributed by atoms with E-state index in [-0.39, 0.29) is 11.4 Å². The lowest BCUT2D eigenvalue weighted by Crippen LogP contribution is -2.27. The van der Waals surface area contributed by atoms with Gasteiger partial charge < -0.3 is 9.47 Å². The minimum Gasteiger partial charge on any atom is -0.348 e. The van der Waals surface area contributed by atoms with Gasteiger partial charge in [-0.25, -0.2) is 13.2 Å². The van der Waals surface area contributed by atoms with Gasteiger partial charge in [-0.3, -0.25) is 0 Å². The number of aryl methyl sites for hydroxylation is 1. The molecule has 2 nitrogen and oxygen atoms in total. The summed E-state index contributed by atoms with van der Waals surface area (Å²) < 4.78 is 56.7. The third-order valence-electron chi connectivity index (χ3n) is 7.92. The number of ether oxygens (including phenoxy) is 2. The van der Waals surface area contributed by atoms with Crippen molar-refractivity contribution < 1.29 is 22.6 Å². The Morgan fingerprint density at radius 3 is 2.10 bits per heavy atom. The van der Waals surface area contributed by atoms with Crippen LogP contribution in [0.15, 0.2) is 66.7 Å². The second-order valence-corrected chi connectivity index (χ2v) is 11.1. The van der Waals surface area contributed by atoms with Gasteiger partial charge in [0.25, 0.3) is 0 Å². The zero-order chi connectivity index (χ0) is 29.0. The fraction of sp³-hybridized carbons (Fsp3) is 0.444. The van der Waals surface area contributed by atoms with Crippen LogP contribution in [0.5, 0.6) is 0 Å². The van der Waals surface area contributed by atoms with E-state index in [1.54, 1.807) is 42.5 Å². The van der Waals surface area contributed by atoms with E-state index in [0.717, 1.165) is 19.3 Å². The highest BCUT2D eigenvalue weighted by molar-refractivity contribution is 5.71. The topological polar surface area (TPSA) is 18.5 Å². The first-order valence-corrected chi connectivity index (χ1v) is 15.2. The molecule has 4 rings (SSSR count). The Morgan fingerprint density at radius 1 is 0.756 bits per heavy atom. The molecule has 0 amide bonds. The molecule has 0 atom stereocenters. The molecule has 0 radical (unpaired) electrons. The summed E-state index contributed by atoms with van der Waals surface area (Å²) in [5.74, 6) is -1.64. The van der Waals surface area contributed by atoms with Crippen molar-refractivity contribution in [2.24, 2.45) is 5.92 Å². The molecule has 0 spiro atoms. The van der Waals surface area contributed by atoms with Crippen LogP contribution in [0.4, 0.5) is 13.2 Å². The van der Waals surface area contributed by atoms with Crippen molar-refractivity contribution in [1.82, 2.24) is 0 Å². The zero-order valence-electron chi connectivity index (χ0n) is 24.4. The number of hydrogen-bond donors (Lipinski definition) is 0. The lowest BCUT2D eigenvalue weighted by atomic mass is 9.97. The van der Waals surface area contributed by atoms with Crippen LogP contribution in [0.2, 0.25) is 0 Å². The Hall–Kier alpha value is -2.89. The first-order valence-electron chi connectivity index (χ1n) is 15.2. The molecule has 0 bridgehead atoms. The predicted octanol–water partition coefficient (Wildman–Crippen LogP) is 10.7. The average molecular weight is 565 g/mol. The fourth-order valence-corrected chi connectivity index (χ4v) is 5.44. The van der Waals surface area contributed by atoms with Gasteiger partial charge in [0.1, 0.15) is 5.82 Å². The molecule has 5 heteroatoms. The molecular weight excluding hydrogens is 521 g/mol. The smallest absolute Gasteiger partial charge is 0.183 e. The van der Waals surface area contributed by atoms with Gasteiger partial charge in [0.15, 0.2) is 17.9 Å². The second-order valence-electron chi connectivity index (χ2n) is 11.1. The number of allylic oxidation sites excluding steroid dienone is 2. The monoisotopic (exact) mass is 564 g/mol. The van der Waals surface area contributed by atoms with Crippen LogP contribution < -0.4 is 0 Å². The molecule has 3 aromatic carbocycles. The second kappa shape index (κ2) is 15.9. The summed E-state index contributed by atoms with van der Waals surface area (Å²) in [7, 11) is 0. The largest absolute Gasteiger partial charge is 0.348 e. The quantitative estimate of drug-likeness (QED) is 0.143. The maximum atomic E-state index is 15.2. The zero-order valence-corrected chi connectivity index (χ0v) is 24.4. The predicted molar refractivity (Wildman–Crippen MR) is 161 cm³/mol. The summed E-state index contributed by atoms with van der Waals surface area (Å²) in [5, 5.41) is 0. The van der Waals surface area contributed by atoms with E-state index in [2.05, 4.69) is 6.92 Å². The van der Waals surface area contributed by atoms with Crippen LogP contribution in [0.1, 0.15) is 89.1 Å². The molecule has 0 aromatic heterocycles. The van der Waals surface area contributed by atoms with Gasteiger partial charge in [-0.2, -0.15) is 0 Å². The molecule has 220 valence electrons. The Morgan fingerprint density at radius 2 is 1.41 bits per heavy atom. The lowest BCUT2D eigenvalue weighted by Gasteiger charge is -2.29. The maximum absolute atomic E-state index is 15.2. The molecule has 1 heterocycles. The number of rotatable bonds is 14. The van der Waals surface area contributed by atoms with Crippen molar-refractivity contribution in [3.05, 3.63) is 95.3 Å². The van der Waals surface area contributed by atoms with Gasteiger partial charge in [-0.1, -0.05) is 106 Å². The summed E-state index contributed by atoms with van der Waals surface area (Å²) in [4.78, 5) is 0. The van der Waals surface area contributed by atoms with E-state index in [1.807, 2.05) is 25.1 Å². The van der Waals surface area contributed by atoms with Crippen molar-refractivity contribution in [3.8, 4) is 22.3 Å². The van der Waals surface area contributed by atoms with Crippen LogP contribution in [-0.2, 0) is 15.9 Å². The van der Waals surface area contributed by atoms with Gasteiger partial charge in [-0.05, 0) is 55.4 Å². The molecule has 0 unspecified atom stereocenters. The summed E-state index contributed by atoms with van der Waals surface area (Å²) in [6, 6.07) is 15.1. The van der Waals surface area contributed by atoms with E-state index in [1.165, 1.54) is 44.6 Å². The average Bonchev–Trinajstić information content (AvgIpc) is 3.00. The van der Waals surface area contributed by atoms with Gasteiger partial charge >= 0.3 is 0 Å². The van der Waals surface area contributed by atoms with Crippen LogP contribution in [0.3, 0.4) is 0 Å². The van der Waals surface area contributed by atoms with Crippen LogP contribution in [-0.4, -0.2) is 13.2 Å². The highest BCUT2D eigenvalue weighted by Crippen LogP contribution is 2.33. The lowest BCUT2D eigenvalue weighted by molar-refractivity contribution is -0.206. The first-order chi connectivity index (χ1) is 20.0. The molecule has 1 fully saturated rings. The Labute approximate surface area is 243 Å². The molecule has 0 N–H and O–H groups in total. The molecule has 0 aliphatic carbocycles. The van der Waals surface area contributed by atoms with Crippen molar-refractivity contribution >= 4 is 0 Å². The van der Waals surface area contributed by atoms with E-state index in [0.29, 0.717) is 53.4 Å². The molecule has 41 heavy (non-hydrogen) atoms. The van der Waals surface area contributed by atoms with Crippen molar-refractivity contribution in [1.29, 1.82) is 0 Å². The molecule has 1 aliphatic heterocycles. The number of benzene rings is 3.